The molecule has 0 bridgehead atoms. The largest absolute Gasteiger partial charge is 0.497 e. The maximum Gasteiger partial charge on any atom is 0.242 e. The van der Waals surface area contributed by atoms with Gasteiger partial charge in [-0.1, -0.05) is 25.1 Å². The summed E-state index contributed by atoms with van der Waals surface area (Å²) < 4.78 is 44.6. The summed E-state index contributed by atoms with van der Waals surface area (Å²) in [5.41, 5.74) is 1.12. The van der Waals surface area contributed by atoms with E-state index in [0.717, 1.165) is 12.7 Å². The molecule has 2 rings (SSSR count). The number of methoxy groups -OCH3 is 1. The van der Waals surface area contributed by atoms with Crippen LogP contribution in [0, 0.1) is 5.82 Å². The molecule has 1 N–H and O–H groups in total. The van der Waals surface area contributed by atoms with E-state index < -0.39 is 21.9 Å². The zero-order valence-corrected chi connectivity index (χ0v) is 21.5. The van der Waals surface area contributed by atoms with E-state index in [-0.39, 0.29) is 37.7 Å². The first kappa shape index (κ1) is 28.1. The van der Waals surface area contributed by atoms with Crippen molar-refractivity contribution in [2.45, 2.75) is 45.7 Å². The minimum Gasteiger partial charge on any atom is -0.497 e. The second-order valence-electron chi connectivity index (χ2n) is 8.26. The molecular formula is C25H34FN3O5S. The lowest BCUT2D eigenvalue weighted by molar-refractivity contribution is -0.140. The Kier molecular flexibility index (Phi) is 10.5. The third-order valence-electron chi connectivity index (χ3n) is 5.48. The van der Waals surface area contributed by atoms with Gasteiger partial charge in [-0.2, -0.15) is 0 Å². The molecule has 0 saturated carbocycles. The maximum absolute atomic E-state index is 13.3. The van der Waals surface area contributed by atoms with Crippen molar-refractivity contribution >= 4 is 27.5 Å². The molecule has 10 heteroatoms. The van der Waals surface area contributed by atoms with Gasteiger partial charge in [-0.25, -0.2) is 12.8 Å². The summed E-state index contributed by atoms with van der Waals surface area (Å²) >= 11 is 0. The molecule has 2 aromatic carbocycles. The van der Waals surface area contributed by atoms with Gasteiger partial charge in [0.15, 0.2) is 0 Å². The van der Waals surface area contributed by atoms with E-state index in [2.05, 4.69) is 5.32 Å². The number of amides is 2. The molecule has 0 heterocycles. The van der Waals surface area contributed by atoms with Crippen molar-refractivity contribution in [3.63, 3.8) is 0 Å². The normalized spacial score (nSPS) is 12.0. The number of carbonyl (C=O) groups excluding carboxylic acids is 2. The molecule has 0 aliphatic heterocycles. The first-order valence-electron chi connectivity index (χ1n) is 11.5. The van der Waals surface area contributed by atoms with Gasteiger partial charge in [-0.3, -0.25) is 13.9 Å². The monoisotopic (exact) mass is 507 g/mol. The molecule has 2 aromatic rings. The Morgan fingerprint density at radius 1 is 1.14 bits per heavy atom. The van der Waals surface area contributed by atoms with E-state index >= 15 is 0 Å². The second-order valence-corrected chi connectivity index (χ2v) is 10.2. The van der Waals surface area contributed by atoms with E-state index in [1.807, 2.05) is 6.92 Å². The molecule has 192 valence electrons. The van der Waals surface area contributed by atoms with Gasteiger partial charge < -0.3 is 15.0 Å². The van der Waals surface area contributed by atoms with E-state index in [1.54, 1.807) is 43.3 Å². The van der Waals surface area contributed by atoms with Gasteiger partial charge in [0.25, 0.3) is 0 Å². The van der Waals surface area contributed by atoms with Crippen molar-refractivity contribution in [3.8, 4) is 5.75 Å². The highest BCUT2D eigenvalue weighted by molar-refractivity contribution is 7.92. The van der Waals surface area contributed by atoms with Gasteiger partial charge in [0.1, 0.15) is 17.6 Å². The van der Waals surface area contributed by atoms with Crippen LogP contribution >= 0.6 is 0 Å². The van der Waals surface area contributed by atoms with Gasteiger partial charge in [-0.05, 0) is 49.6 Å². The zero-order valence-electron chi connectivity index (χ0n) is 20.7. The highest BCUT2D eigenvalue weighted by Crippen LogP contribution is 2.24. The molecular weight excluding hydrogens is 473 g/mol. The average molecular weight is 508 g/mol. The van der Waals surface area contributed by atoms with Crippen LogP contribution in [0.3, 0.4) is 0 Å². The van der Waals surface area contributed by atoms with Crippen molar-refractivity contribution in [1.29, 1.82) is 0 Å². The van der Waals surface area contributed by atoms with Crippen LogP contribution in [0.2, 0.25) is 0 Å². The third-order valence-corrected chi connectivity index (χ3v) is 6.67. The summed E-state index contributed by atoms with van der Waals surface area (Å²) in [5.74, 6) is -0.451. The average Bonchev–Trinajstić information content (AvgIpc) is 2.83. The van der Waals surface area contributed by atoms with Gasteiger partial charge in [0, 0.05) is 32.1 Å². The first-order valence-corrected chi connectivity index (χ1v) is 13.3. The Hall–Kier alpha value is -3.14. The molecule has 0 radical (unpaired) electrons. The lowest BCUT2D eigenvalue weighted by Crippen LogP contribution is -2.47. The Bertz CT molecular complexity index is 1090. The molecule has 8 nitrogen and oxygen atoms in total. The van der Waals surface area contributed by atoms with Crippen LogP contribution in [0.5, 0.6) is 5.75 Å². The van der Waals surface area contributed by atoms with Crippen LogP contribution in [-0.2, 0) is 26.2 Å². The fourth-order valence-corrected chi connectivity index (χ4v) is 4.49. The van der Waals surface area contributed by atoms with E-state index in [4.69, 9.17) is 4.74 Å². The van der Waals surface area contributed by atoms with Crippen molar-refractivity contribution < 1.29 is 27.1 Å². The summed E-state index contributed by atoms with van der Waals surface area (Å²) in [6.45, 7) is 4.28. The van der Waals surface area contributed by atoms with Crippen molar-refractivity contribution in [2.24, 2.45) is 0 Å². The van der Waals surface area contributed by atoms with Gasteiger partial charge in [0.05, 0.1) is 19.1 Å². The number of ether oxygens (including phenoxy) is 1. The molecule has 0 aliphatic rings. The second kappa shape index (κ2) is 13.1. The predicted octanol–water partition coefficient (Wildman–Crippen LogP) is 3.32. The van der Waals surface area contributed by atoms with Crippen LogP contribution in [0.15, 0.2) is 48.5 Å². The molecule has 1 unspecified atom stereocenters. The lowest BCUT2D eigenvalue weighted by Gasteiger charge is -2.29. The molecule has 0 aliphatic carbocycles. The van der Waals surface area contributed by atoms with Crippen LogP contribution in [0.4, 0.5) is 10.1 Å². The number of carbonyl (C=O) groups is 2. The molecule has 0 aromatic heterocycles. The number of nitrogens with zero attached hydrogens (tertiary/aromatic N) is 2. The Labute approximate surface area is 207 Å². The van der Waals surface area contributed by atoms with Crippen LogP contribution < -0.4 is 14.4 Å². The third kappa shape index (κ3) is 8.54. The van der Waals surface area contributed by atoms with Crippen molar-refractivity contribution in [1.82, 2.24) is 10.2 Å². The molecule has 1 atom stereocenters. The van der Waals surface area contributed by atoms with Crippen molar-refractivity contribution in [3.05, 3.63) is 59.9 Å². The predicted molar refractivity (Wildman–Crippen MR) is 134 cm³/mol. The minimum atomic E-state index is -3.60. The zero-order chi connectivity index (χ0) is 26.0. The summed E-state index contributed by atoms with van der Waals surface area (Å²) in [7, 11) is -2.10. The SMILES string of the molecule is CCCNC(=O)C(C)N(Cc1ccc(F)cc1)C(=O)CCCN(c1cccc(OC)c1)S(C)(=O)=O. The van der Waals surface area contributed by atoms with E-state index in [0.29, 0.717) is 23.5 Å². The molecule has 35 heavy (non-hydrogen) atoms. The Balaban J connectivity index is 2.15. The quantitative estimate of drug-likeness (QED) is 0.449. The van der Waals surface area contributed by atoms with Crippen LogP contribution in [0.1, 0.15) is 38.7 Å². The number of anilines is 1. The minimum absolute atomic E-state index is 0.0303. The standard InChI is InChI=1S/C25H34FN3O5S/c1-5-15-27-25(31)19(2)28(18-20-11-13-21(26)14-12-20)24(30)10-7-16-29(35(4,32)33)22-8-6-9-23(17-22)34-3/h6,8-9,11-14,17,19H,5,7,10,15-16,18H2,1-4H3,(H,27,31). The first-order chi connectivity index (χ1) is 16.6. The highest BCUT2D eigenvalue weighted by atomic mass is 32.2. The lowest BCUT2D eigenvalue weighted by atomic mass is 10.1. The molecule has 0 spiro atoms. The Morgan fingerprint density at radius 3 is 2.43 bits per heavy atom. The van der Waals surface area contributed by atoms with Crippen molar-refractivity contribution in [2.75, 3.05) is 30.8 Å². The van der Waals surface area contributed by atoms with Gasteiger partial charge >= 0.3 is 0 Å². The number of nitrogens with one attached hydrogen (secondary N) is 1. The number of hydrogen-bond acceptors (Lipinski definition) is 5. The van der Waals surface area contributed by atoms with E-state index in [1.165, 1.54) is 28.4 Å². The summed E-state index contributed by atoms with van der Waals surface area (Å²) in [5, 5.41) is 2.80. The van der Waals surface area contributed by atoms with Gasteiger partial charge in [0.2, 0.25) is 21.8 Å². The molecule has 2 amide bonds. The summed E-state index contributed by atoms with van der Waals surface area (Å²) in [6, 6.07) is 11.7. The maximum atomic E-state index is 13.3. The highest BCUT2D eigenvalue weighted by Gasteiger charge is 2.26. The number of benzene rings is 2. The molecule has 0 saturated heterocycles. The number of halogens is 1. The topological polar surface area (TPSA) is 96.0 Å². The summed E-state index contributed by atoms with van der Waals surface area (Å²) in [6.07, 6.45) is 2.14. The molecule has 0 fully saturated rings. The Morgan fingerprint density at radius 2 is 1.83 bits per heavy atom. The fourth-order valence-electron chi connectivity index (χ4n) is 3.53. The number of sulfonamides is 1. The summed E-state index contributed by atoms with van der Waals surface area (Å²) in [4.78, 5) is 27.2. The van der Waals surface area contributed by atoms with Crippen LogP contribution in [0.25, 0.3) is 0 Å². The van der Waals surface area contributed by atoms with Crippen LogP contribution in [-0.4, -0.2) is 57.6 Å². The van der Waals surface area contributed by atoms with Gasteiger partial charge in [-0.15, -0.1) is 0 Å². The number of rotatable bonds is 13. The fraction of sp³-hybridized carbons (Fsp3) is 0.440. The van der Waals surface area contributed by atoms with E-state index in [9.17, 15) is 22.4 Å². The number of hydrogen-bond donors (Lipinski definition) is 1. The smallest absolute Gasteiger partial charge is 0.242 e.